The van der Waals surface area contributed by atoms with Gasteiger partial charge in [-0.25, -0.2) is 0 Å². The standard InChI is InChI=1S/C14H28N2/c1-4-16(5-2)9-8-15(3)14-11-12-6-7-13(14)10-12/h12-14H,4-11H2,1-3H3/t12-,13-,14+/m0/s1. The summed E-state index contributed by atoms with van der Waals surface area (Å²) in [5.74, 6) is 2.11. The van der Waals surface area contributed by atoms with Gasteiger partial charge in [0.05, 0.1) is 0 Å². The monoisotopic (exact) mass is 224 g/mol. The van der Waals surface area contributed by atoms with E-state index in [2.05, 4.69) is 30.7 Å². The van der Waals surface area contributed by atoms with Crippen LogP contribution in [0.5, 0.6) is 0 Å². The maximum Gasteiger partial charge on any atom is 0.0124 e. The minimum atomic E-state index is 0.911. The first-order valence-corrected chi connectivity index (χ1v) is 7.17. The summed E-state index contributed by atoms with van der Waals surface area (Å²) >= 11 is 0. The van der Waals surface area contributed by atoms with Crippen LogP contribution in [0.25, 0.3) is 0 Å². The molecular formula is C14H28N2. The second-order valence-electron chi connectivity index (χ2n) is 5.75. The van der Waals surface area contributed by atoms with Crippen LogP contribution in [-0.4, -0.2) is 49.1 Å². The van der Waals surface area contributed by atoms with E-state index in [9.17, 15) is 0 Å². The molecule has 2 fully saturated rings. The fourth-order valence-electron chi connectivity index (χ4n) is 3.76. The third-order valence-corrected chi connectivity index (χ3v) is 4.93. The van der Waals surface area contributed by atoms with Crippen molar-refractivity contribution in [3.8, 4) is 0 Å². The first-order valence-electron chi connectivity index (χ1n) is 7.17. The van der Waals surface area contributed by atoms with E-state index < -0.39 is 0 Å². The van der Waals surface area contributed by atoms with E-state index >= 15 is 0 Å². The number of nitrogens with zero attached hydrogens (tertiary/aromatic N) is 2. The predicted octanol–water partition coefficient (Wildman–Crippen LogP) is 2.45. The van der Waals surface area contributed by atoms with E-state index in [4.69, 9.17) is 0 Å². The maximum atomic E-state index is 2.64. The van der Waals surface area contributed by atoms with Crippen LogP contribution in [-0.2, 0) is 0 Å². The number of rotatable bonds is 6. The van der Waals surface area contributed by atoms with E-state index in [0.29, 0.717) is 0 Å². The molecule has 2 rings (SSSR count). The Morgan fingerprint density at radius 1 is 1.00 bits per heavy atom. The van der Waals surface area contributed by atoms with Gasteiger partial charge in [-0.05, 0) is 51.2 Å². The predicted molar refractivity (Wildman–Crippen MR) is 69.7 cm³/mol. The SMILES string of the molecule is CCN(CC)CCN(C)[C@@H]1C[C@H]2CC[C@H]1C2. The quantitative estimate of drug-likeness (QED) is 0.684. The van der Waals surface area contributed by atoms with Gasteiger partial charge in [0.2, 0.25) is 0 Å². The first kappa shape index (κ1) is 12.4. The molecule has 2 saturated carbocycles. The minimum Gasteiger partial charge on any atom is -0.303 e. The zero-order valence-corrected chi connectivity index (χ0v) is 11.3. The van der Waals surface area contributed by atoms with Crippen molar-refractivity contribution < 1.29 is 0 Å². The highest BCUT2D eigenvalue weighted by atomic mass is 15.2. The van der Waals surface area contributed by atoms with Crippen molar-refractivity contribution in [1.82, 2.24) is 9.80 Å². The van der Waals surface area contributed by atoms with Crippen molar-refractivity contribution in [3.63, 3.8) is 0 Å². The van der Waals surface area contributed by atoms with Gasteiger partial charge in [0.15, 0.2) is 0 Å². The van der Waals surface area contributed by atoms with Crippen molar-refractivity contribution in [2.75, 3.05) is 33.2 Å². The molecule has 0 N–H and O–H groups in total. The Hall–Kier alpha value is -0.0800. The van der Waals surface area contributed by atoms with E-state index in [1.807, 2.05) is 0 Å². The Balaban J connectivity index is 1.73. The summed E-state index contributed by atoms with van der Waals surface area (Å²) in [6.45, 7) is 9.43. The van der Waals surface area contributed by atoms with Gasteiger partial charge < -0.3 is 9.80 Å². The molecular weight excluding hydrogens is 196 g/mol. The van der Waals surface area contributed by atoms with Crippen LogP contribution >= 0.6 is 0 Å². The van der Waals surface area contributed by atoms with Gasteiger partial charge in [-0.1, -0.05) is 20.3 Å². The summed E-state index contributed by atoms with van der Waals surface area (Å²) < 4.78 is 0. The van der Waals surface area contributed by atoms with Crippen molar-refractivity contribution in [3.05, 3.63) is 0 Å². The maximum absolute atomic E-state index is 2.64. The largest absolute Gasteiger partial charge is 0.303 e. The summed E-state index contributed by atoms with van der Waals surface area (Å²) in [6, 6.07) is 0.911. The molecule has 3 atom stereocenters. The van der Waals surface area contributed by atoms with E-state index in [0.717, 1.165) is 17.9 Å². The van der Waals surface area contributed by atoms with Crippen LogP contribution in [0.2, 0.25) is 0 Å². The van der Waals surface area contributed by atoms with Gasteiger partial charge in [-0.15, -0.1) is 0 Å². The Labute approximate surface area is 101 Å². The second kappa shape index (κ2) is 5.50. The molecule has 94 valence electrons. The first-order chi connectivity index (χ1) is 7.74. The van der Waals surface area contributed by atoms with E-state index in [1.165, 1.54) is 51.9 Å². The van der Waals surface area contributed by atoms with Gasteiger partial charge in [-0.2, -0.15) is 0 Å². The number of hydrogen-bond donors (Lipinski definition) is 0. The van der Waals surface area contributed by atoms with Crippen LogP contribution < -0.4 is 0 Å². The lowest BCUT2D eigenvalue weighted by molar-refractivity contribution is 0.153. The van der Waals surface area contributed by atoms with Crippen molar-refractivity contribution >= 4 is 0 Å². The summed E-state index contributed by atoms with van der Waals surface area (Å²) in [5, 5.41) is 0. The lowest BCUT2D eigenvalue weighted by Crippen LogP contribution is -2.41. The number of hydrogen-bond acceptors (Lipinski definition) is 2. The molecule has 16 heavy (non-hydrogen) atoms. The lowest BCUT2D eigenvalue weighted by atomic mass is 9.94. The normalized spacial score (nSPS) is 33.2. The molecule has 0 spiro atoms. The molecule has 0 saturated heterocycles. The fraction of sp³-hybridized carbons (Fsp3) is 1.00. The van der Waals surface area contributed by atoms with Gasteiger partial charge >= 0.3 is 0 Å². The van der Waals surface area contributed by atoms with E-state index in [-0.39, 0.29) is 0 Å². The molecule has 2 bridgehead atoms. The van der Waals surface area contributed by atoms with Crippen LogP contribution in [0, 0.1) is 11.8 Å². The van der Waals surface area contributed by atoms with Crippen LogP contribution in [0.4, 0.5) is 0 Å². The highest BCUT2D eigenvalue weighted by Crippen LogP contribution is 2.46. The van der Waals surface area contributed by atoms with Gasteiger partial charge in [0.1, 0.15) is 0 Å². The zero-order chi connectivity index (χ0) is 11.5. The molecule has 2 aliphatic carbocycles. The number of fused-ring (bicyclic) bond motifs is 2. The Bertz CT molecular complexity index is 213. The molecule has 0 heterocycles. The molecule has 2 nitrogen and oxygen atoms in total. The summed E-state index contributed by atoms with van der Waals surface area (Å²) in [6.07, 6.45) is 6.04. The highest BCUT2D eigenvalue weighted by molar-refractivity contribution is 4.94. The molecule has 0 aromatic rings. The molecule has 0 amide bonds. The zero-order valence-electron chi connectivity index (χ0n) is 11.3. The molecule has 0 aromatic carbocycles. The Morgan fingerprint density at radius 3 is 2.25 bits per heavy atom. The summed E-state index contributed by atoms with van der Waals surface area (Å²) in [4.78, 5) is 5.17. The lowest BCUT2D eigenvalue weighted by Gasteiger charge is -2.33. The van der Waals surface area contributed by atoms with E-state index in [1.54, 1.807) is 0 Å². The summed E-state index contributed by atoms with van der Waals surface area (Å²) in [5.41, 5.74) is 0. The second-order valence-corrected chi connectivity index (χ2v) is 5.75. The van der Waals surface area contributed by atoms with Gasteiger partial charge in [-0.3, -0.25) is 0 Å². The molecule has 0 unspecified atom stereocenters. The molecule has 2 heteroatoms. The third-order valence-electron chi connectivity index (χ3n) is 4.93. The summed E-state index contributed by atoms with van der Waals surface area (Å²) in [7, 11) is 2.34. The Kier molecular flexibility index (Phi) is 4.26. The number of likely N-dealkylation sites (N-methyl/N-ethyl adjacent to an activating group) is 2. The molecule has 0 radical (unpaired) electrons. The fourth-order valence-corrected chi connectivity index (χ4v) is 3.76. The van der Waals surface area contributed by atoms with Gasteiger partial charge in [0, 0.05) is 19.1 Å². The smallest absolute Gasteiger partial charge is 0.0124 e. The molecule has 0 aliphatic heterocycles. The van der Waals surface area contributed by atoms with Gasteiger partial charge in [0.25, 0.3) is 0 Å². The van der Waals surface area contributed by atoms with Crippen LogP contribution in [0.1, 0.15) is 39.5 Å². The van der Waals surface area contributed by atoms with Crippen LogP contribution in [0.3, 0.4) is 0 Å². The average Bonchev–Trinajstić information content (AvgIpc) is 2.91. The van der Waals surface area contributed by atoms with Crippen LogP contribution in [0.15, 0.2) is 0 Å². The van der Waals surface area contributed by atoms with Crippen molar-refractivity contribution in [2.24, 2.45) is 11.8 Å². The third kappa shape index (κ3) is 2.60. The average molecular weight is 224 g/mol. The van der Waals surface area contributed by atoms with Crippen molar-refractivity contribution in [2.45, 2.75) is 45.6 Å². The molecule has 2 aliphatic rings. The van der Waals surface area contributed by atoms with Crippen molar-refractivity contribution in [1.29, 1.82) is 0 Å². The molecule has 0 aromatic heterocycles. The highest BCUT2D eigenvalue weighted by Gasteiger charge is 2.40. The minimum absolute atomic E-state index is 0.911. The Morgan fingerprint density at radius 2 is 1.75 bits per heavy atom. The topological polar surface area (TPSA) is 6.48 Å².